The van der Waals surface area contributed by atoms with Crippen molar-refractivity contribution in [1.29, 1.82) is 0 Å². The van der Waals surface area contributed by atoms with Crippen molar-refractivity contribution in [3.05, 3.63) is 51.0 Å². The van der Waals surface area contributed by atoms with E-state index < -0.39 is 15.9 Å². The lowest BCUT2D eigenvalue weighted by atomic mass is 10.1. The monoisotopic (exact) mass is 483 g/mol. The summed E-state index contributed by atoms with van der Waals surface area (Å²) in [5.41, 5.74) is 1.26. The summed E-state index contributed by atoms with van der Waals surface area (Å²) < 4.78 is 39.0. The van der Waals surface area contributed by atoms with Crippen LogP contribution in [0.1, 0.15) is 18.5 Å². The molecule has 0 N–H and O–H groups in total. The highest BCUT2D eigenvalue weighted by Gasteiger charge is 2.26. The van der Waals surface area contributed by atoms with Crippen LogP contribution in [0.5, 0.6) is 11.5 Å². The zero-order valence-corrected chi connectivity index (χ0v) is 18.9. The van der Waals surface area contributed by atoms with Crippen molar-refractivity contribution in [2.75, 3.05) is 25.7 Å². The first-order chi connectivity index (χ1) is 13.7. The highest BCUT2D eigenvalue weighted by molar-refractivity contribution is 9.10. The van der Waals surface area contributed by atoms with Gasteiger partial charge in [0.1, 0.15) is 9.84 Å². The predicted molar refractivity (Wildman–Crippen MR) is 115 cm³/mol. The SMILES string of the molecule is CCOc1cc(C(CS(C)(=O)=O)n2c(=O)n(C)c3cc(Br)cnc32)ccc1OC. The van der Waals surface area contributed by atoms with Crippen LogP contribution in [0.2, 0.25) is 0 Å². The highest BCUT2D eigenvalue weighted by atomic mass is 79.9. The molecule has 29 heavy (non-hydrogen) atoms. The van der Waals surface area contributed by atoms with Crippen molar-refractivity contribution >= 4 is 36.9 Å². The Morgan fingerprint density at radius 1 is 1.24 bits per heavy atom. The third kappa shape index (κ3) is 4.32. The second kappa shape index (κ2) is 8.19. The van der Waals surface area contributed by atoms with Crippen LogP contribution in [-0.4, -0.2) is 48.3 Å². The van der Waals surface area contributed by atoms with Gasteiger partial charge in [-0.05, 0) is 46.6 Å². The maximum Gasteiger partial charge on any atom is 0.330 e. The van der Waals surface area contributed by atoms with Gasteiger partial charge in [-0.3, -0.25) is 9.13 Å². The Bertz CT molecular complexity index is 1220. The number of fused-ring (bicyclic) bond motifs is 1. The molecule has 0 aliphatic rings. The standard InChI is InChI=1S/C19H22BrN3O5S/c1-5-28-17-8-12(6-7-16(17)27-3)15(11-29(4,25)26)23-18-14(22(2)19(23)24)9-13(20)10-21-18/h6-10,15H,5,11H2,1-4H3. The topological polar surface area (TPSA) is 92.4 Å². The lowest BCUT2D eigenvalue weighted by molar-refractivity contribution is 0.310. The summed E-state index contributed by atoms with van der Waals surface area (Å²) in [5, 5.41) is 0. The molecule has 156 valence electrons. The third-order valence-corrected chi connectivity index (χ3v) is 5.90. The molecule has 0 aliphatic heterocycles. The molecule has 0 spiro atoms. The number of nitrogens with zero attached hydrogens (tertiary/aromatic N) is 3. The van der Waals surface area contributed by atoms with Gasteiger partial charge in [-0.2, -0.15) is 0 Å². The van der Waals surface area contributed by atoms with Crippen LogP contribution < -0.4 is 15.2 Å². The number of imidazole rings is 1. The summed E-state index contributed by atoms with van der Waals surface area (Å²) >= 11 is 3.36. The van der Waals surface area contributed by atoms with E-state index >= 15 is 0 Å². The average Bonchev–Trinajstić information content (AvgIpc) is 2.90. The maximum absolute atomic E-state index is 13.1. The van der Waals surface area contributed by atoms with Gasteiger partial charge in [-0.25, -0.2) is 18.2 Å². The van der Waals surface area contributed by atoms with Crippen LogP contribution in [0, 0.1) is 0 Å². The molecule has 3 rings (SSSR count). The molecule has 0 fully saturated rings. The molecule has 2 aromatic heterocycles. The molecule has 0 radical (unpaired) electrons. The van der Waals surface area contributed by atoms with E-state index in [1.54, 1.807) is 37.5 Å². The predicted octanol–water partition coefficient (Wildman–Crippen LogP) is 2.54. The number of hydrogen-bond acceptors (Lipinski definition) is 6. The lowest BCUT2D eigenvalue weighted by Crippen LogP contribution is -2.31. The Hall–Kier alpha value is -2.33. The summed E-state index contributed by atoms with van der Waals surface area (Å²) in [4.78, 5) is 17.4. The fraction of sp³-hybridized carbons (Fsp3) is 0.368. The zero-order chi connectivity index (χ0) is 21.3. The first-order valence-corrected chi connectivity index (χ1v) is 11.7. The molecule has 1 aromatic carbocycles. The largest absolute Gasteiger partial charge is 0.493 e. The van der Waals surface area contributed by atoms with Gasteiger partial charge in [0, 0.05) is 24.0 Å². The number of benzene rings is 1. The van der Waals surface area contributed by atoms with Gasteiger partial charge in [0.05, 0.1) is 31.0 Å². The third-order valence-electron chi connectivity index (χ3n) is 4.54. The zero-order valence-electron chi connectivity index (χ0n) is 16.5. The second-order valence-corrected chi connectivity index (χ2v) is 9.76. The molecule has 1 atom stereocenters. The number of sulfone groups is 1. The van der Waals surface area contributed by atoms with Crippen LogP contribution in [0.3, 0.4) is 0 Å². The molecule has 0 bridgehead atoms. The van der Waals surface area contributed by atoms with E-state index in [4.69, 9.17) is 9.47 Å². The minimum atomic E-state index is -3.42. The van der Waals surface area contributed by atoms with Crippen LogP contribution in [-0.2, 0) is 16.9 Å². The fourth-order valence-corrected chi connectivity index (χ4v) is 4.50. The van der Waals surface area contributed by atoms with Gasteiger partial charge >= 0.3 is 5.69 Å². The molecule has 0 aliphatic carbocycles. The van der Waals surface area contributed by atoms with E-state index in [-0.39, 0.29) is 11.4 Å². The van der Waals surface area contributed by atoms with Crippen molar-refractivity contribution in [2.45, 2.75) is 13.0 Å². The Labute approximate surface area is 177 Å². The van der Waals surface area contributed by atoms with Crippen molar-refractivity contribution in [1.82, 2.24) is 14.1 Å². The molecule has 0 saturated carbocycles. The normalized spacial score (nSPS) is 12.9. The van der Waals surface area contributed by atoms with Crippen LogP contribution in [0.4, 0.5) is 0 Å². The summed E-state index contributed by atoms with van der Waals surface area (Å²) in [6, 6.07) is 6.15. The van der Waals surface area contributed by atoms with Crippen molar-refractivity contribution in [3.63, 3.8) is 0 Å². The summed E-state index contributed by atoms with van der Waals surface area (Å²) in [7, 11) is -0.261. The number of methoxy groups -OCH3 is 1. The highest BCUT2D eigenvalue weighted by Crippen LogP contribution is 2.33. The van der Waals surface area contributed by atoms with Crippen molar-refractivity contribution < 1.29 is 17.9 Å². The summed E-state index contributed by atoms with van der Waals surface area (Å²) in [6.07, 6.45) is 2.72. The van der Waals surface area contributed by atoms with Crippen LogP contribution in [0.25, 0.3) is 11.2 Å². The molecule has 3 aromatic rings. The Morgan fingerprint density at radius 2 is 1.97 bits per heavy atom. The van der Waals surface area contributed by atoms with Gasteiger partial charge in [0.25, 0.3) is 0 Å². The van der Waals surface area contributed by atoms with E-state index in [9.17, 15) is 13.2 Å². The van der Waals surface area contributed by atoms with E-state index in [0.717, 1.165) is 10.7 Å². The van der Waals surface area contributed by atoms with Crippen LogP contribution in [0.15, 0.2) is 39.7 Å². The van der Waals surface area contributed by atoms with E-state index in [2.05, 4.69) is 20.9 Å². The second-order valence-electron chi connectivity index (χ2n) is 6.66. The molecule has 2 heterocycles. The van der Waals surface area contributed by atoms with Gasteiger partial charge in [-0.15, -0.1) is 0 Å². The molecule has 8 nitrogen and oxygen atoms in total. The number of halogens is 1. The van der Waals surface area contributed by atoms with Crippen LogP contribution >= 0.6 is 15.9 Å². The van der Waals surface area contributed by atoms with Gasteiger partial charge in [-0.1, -0.05) is 6.07 Å². The smallest absolute Gasteiger partial charge is 0.330 e. The number of pyridine rings is 1. The van der Waals surface area contributed by atoms with Crippen molar-refractivity contribution in [3.8, 4) is 11.5 Å². The molecule has 0 saturated heterocycles. The molecule has 0 amide bonds. The molecular weight excluding hydrogens is 462 g/mol. The lowest BCUT2D eigenvalue weighted by Gasteiger charge is -2.20. The quantitative estimate of drug-likeness (QED) is 0.512. The minimum absolute atomic E-state index is 0.262. The number of hydrogen-bond donors (Lipinski definition) is 0. The first-order valence-electron chi connectivity index (χ1n) is 8.87. The summed E-state index contributed by atoms with van der Waals surface area (Å²) in [6.45, 7) is 2.26. The van der Waals surface area contributed by atoms with Crippen molar-refractivity contribution in [2.24, 2.45) is 7.05 Å². The summed E-state index contributed by atoms with van der Waals surface area (Å²) in [5.74, 6) is 0.748. The Morgan fingerprint density at radius 3 is 2.59 bits per heavy atom. The number of aryl methyl sites for hydroxylation is 1. The van der Waals surface area contributed by atoms with Gasteiger partial charge in [0.2, 0.25) is 0 Å². The van der Waals surface area contributed by atoms with E-state index in [1.165, 1.54) is 16.2 Å². The van der Waals surface area contributed by atoms with E-state index in [0.29, 0.717) is 34.8 Å². The maximum atomic E-state index is 13.1. The van der Waals surface area contributed by atoms with Gasteiger partial charge in [0.15, 0.2) is 17.1 Å². The average molecular weight is 484 g/mol. The fourth-order valence-electron chi connectivity index (χ4n) is 3.27. The molecule has 1 unspecified atom stereocenters. The Kier molecular flexibility index (Phi) is 6.04. The minimum Gasteiger partial charge on any atom is -0.493 e. The number of ether oxygens (including phenoxy) is 2. The number of rotatable bonds is 7. The molecular formula is C19H22BrN3O5S. The van der Waals surface area contributed by atoms with Gasteiger partial charge < -0.3 is 9.47 Å². The Balaban J connectivity index is 2.28. The van der Waals surface area contributed by atoms with E-state index in [1.807, 2.05) is 6.92 Å². The number of aromatic nitrogens is 3. The first kappa shape index (κ1) is 21.4. The molecule has 10 heteroatoms.